The molecule has 2 heterocycles. The zero-order valence-corrected chi connectivity index (χ0v) is 16.9. The van der Waals surface area contributed by atoms with E-state index in [0.29, 0.717) is 17.5 Å². The molecule has 0 fully saturated rings. The van der Waals surface area contributed by atoms with Gasteiger partial charge in [0.15, 0.2) is 0 Å². The van der Waals surface area contributed by atoms with Gasteiger partial charge in [-0.15, -0.1) is 12.4 Å². The van der Waals surface area contributed by atoms with Crippen molar-refractivity contribution in [1.29, 1.82) is 0 Å². The van der Waals surface area contributed by atoms with Crippen LogP contribution in [0.15, 0.2) is 41.2 Å². The maximum Gasteiger partial charge on any atom is 0.249 e. The van der Waals surface area contributed by atoms with E-state index in [9.17, 15) is 4.79 Å². The van der Waals surface area contributed by atoms with Gasteiger partial charge in [0.25, 0.3) is 0 Å². The number of halogens is 1. The van der Waals surface area contributed by atoms with E-state index in [4.69, 9.17) is 9.26 Å². The third-order valence-corrected chi connectivity index (χ3v) is 4.11. The summed E-state index contributed by atoms with van der Waals surface area (Å²) in [5.74, 6) is 1.25. The molecule has 1 amide bonds. The number of likely N-dealkylation sites (N-methyl/N-ethyl adjacent to an activating group) is 1. The van der Waals surface area contributed by atoms with E-state index in [1.807, 2.05) is 24.3 Å². The molecule has 2 unspecified atom stereocenters. The van der Waals surface area contributed by atoms with Crippen molar-refractivity contribution in [3.8, 4) is 17.1 Å². The van der Waals surface area contributed by atoms with Crippen molar-refractivity contribution < 1.29 is 14.1 Å². The Morgan fingerprint density at radius 3 is 2.79 bits per heavy atom. The van der Waals surface area contributed by atoms with Gasteiger partial charge in [0.1, 0.15) is 17.8 Å². The molecule has 0 aliphatic carbocycles. The number of benzene rings is 1. The number of nitrogens with zero attached hydrogens (tertiary/aromatic N) is 4. The van der Waals surface area contributed by atoms with E-state index in [-0.39, 0.29) is 18.3 Å². The first-order valence-corrected chi connectivity index (χ1v) is 8.46. The third kappa shape index (κ3) is 4.68. The van der Waals surface area contributed by atoms with Crippen LogP contribution in [0.25, 0.3) is 11.4 Å². The highest BCUT2D eigenvalue weighted by atomic mass is 35.5. The number of carbonyl (C=O) groups excluding carboxylic acids is 1. The van der Waals surface area contributed by atoms with Crippen molar-refractivity contribution >= 4 is 18.3 Å². The van der Waals surface area contributed by atoms with Gasteiger partial charge in [-0.25, -0.2) is 0 Å². The number of methoxy groups -OCH3 is 1. The molecule has 2 aromatic heterocycles. The van der Waals surface area contributed by atoms with Gasteiger partial charge in [-0.1, -0.05) is 17.3 Å². The lowest BCUT2D eigenvalue weighted by atomic mass is 10.1. The molecular formula is C18H23ClN6O3. The van der Waals surface area contributed by atoms with Crippen molar-refractivity contribution in [3.05, 3.63) is 48.1 Å². The smallest absolute Gasteiger partial charge is 0.249 e. The zero-order valence-electron chi connectivity index (χ0n) is 16.0. The molecule has 3 rings (SSSR count). The molecule has 28 heavy (non-hydrogen) atoms. The van der Waals surface area contributed by atoms with Gasteiger partial charge in [-0.3, -0.25) is 9.48 Å². The molecule has 2 N–H and O–H groups in total. The number of amides is 1. The molecule has 0 bridgehead atoms. The fourth-order valence-corrected chi connectivity index (χ4v) is 2.69. The van der Waals surface area contributed by atoms with Crippen molar-refractivity contribution in [2.45, 2.75) is 19.0 Å². The Labute approximate surface area is 168 Å². The fraction of sp³-hybridized carbons (Fsp3) is 0.333. The number of aromatic nitrogens is 4. The molecule has 0 aliphatic heterocycles. The van der Waals surface area contributed by atoms with Crippen LogP contribution in [0.4, 0.5) is 0 Å². The maximum absolute atomic E-state index is 12.6. The molecule has 0 saturated heterocycles. The largest absolute Gasteiger partial charge is 0.497 e. The summed E-state index contributed by atoms with van der Waals surface area (Å²) in [6, 6.07) is 6.39. The second-order valence-corrected chi connectivity index (χ2v) is 6.09. The highest BCUT2D eigenvalue weighted by Gasteiger charge is 2.24. The minimum atomic E-state index is -0.526. The van der Waals surface area contributed by atoms with Crippen LogP contribution < -0.4 is 15.4 Å². The minimum absolute atomic E-state index is 0. The first-order valence-electron chi connectivity index (χ1n) is 8.46. The van der Waals surface area contributed by atoms with Crippen molar-refractivity contribution in [2.75, 3.05) is 14.2 Å². The monoisotopic (exact) mass is 406 g/mol. The number of rotatable bonds is 7. The van der Waals surface area contributed by atoms with Gasteiger partial charge >= 0.3 is 0 Å². The highest BCUT2D eigenvalue weighted by Crippen LogP contribution is 2.23. The molecular weight excluding hydrogens is 384 g/mol. The molecule has 0 saturated carbocycles. The number of hydrogen-bond donors (Lipinski definition) is 2. The second-order valence-electron chi connectivity index (χ2n) is 6.09. The van der Waals surface area contributed by atoms with Gasteiger partial charge in [0.2, 0.25) is 17.6 Å². The van der Waals surface area contributed by atoms with Crippen LogP contribution in [0.3, 0.4) is 0 Å². The Balaban J connectivity index is 0.00000280. The molecule has 2 atom stereocenters. The maximum atomic E-state index is 12.6. The average molecular weight is 407 g/mol. The van der Waals surface area contributed by atoms with Gasteiger partial charge in [0, 0.05) is 24.4 Å². The summed E-state index contributed by atoms with van der Waals surface area (Å²) in [5, 5.41) is 14.0. The van der Waals surface area contributed by atoms with E-state index in [1.165, 1.54) is 0 Å². The number of aryl methyl sites for hydroxylation is 1. The molecule has 9 nitrogen and oxygen atoms in total. The number of nitrogens with one attached hydrogen (secondary N) is 2. The van der Waals surface area contributed by atoms with Gasteiger partial charge in [0.05, 0.1) is 13.3 Å². The molecule has 150 valence electrons. The molecule has 3 aromatic rings. The van der Waals surface area contributed by atoms with Gasteiger partial charge in [-0.2, -0.15) is 10.1 Å². The van der Waals surface area contributed by atoms with Crippen LogP contribution in [0.1, 0.15) is 30.5 Å². The zero-order chi connectivity index (χ0) is 19.4. The first-order chi connectivity index (χ1) is 13.0. The van der Waals surface area contributed by atoms with E-state index in [0.717, 1.165) is 11.1 Å². The summed E-state index contributed by atoms with van der Waals surface area (Å²) in [4.78, 5) is 17.0. The highest BCUT2D eigenvalue weighted by molar-refractivity contribution is 5.85. The quantitative estimate of drug-likeness (QED) is 0.618. The van der Waals surface area contributed by atoms with Crippen molar-refractivity contribution in [3.63, 3.8) is 0 Å². The first kappa shape index (κ1) is 21.4. The summed E-state index contributed by atoms with van der Waals surface area (Å²) in [6.45, 7) is 1.79. The Morgan fingerprint density at radius 1 is 1.36 bits per heavy atom. The molecule has 1 aromatic carbocycles. The molecule has 0 radical (unpaired) electrons. The standard InChI is InChI=1S/C18H22N6O3.ClH/c1-11(21-17(25)15(19-2)13-9-20-24(3)10-13)18-22-16(23-27-18)12-6-5-7-14(8-12)26-4;/h5-11,15,19H,1-4H3,(H,21,25);1H. The Morgan fingerprint density at radius 2 is 2.14 bits per heavy atom. The predicted molar refractivity (Wildman–Crippen MR) is 105 cm³/mol. The van der Waals surface area contributed by atoms with Crippen LogP contribution in [0.2, 0.25) is 0 Å². The van der Waals surface area contributed by atoms with Crippen LogP contribution in [0.5, 0.6) is 5.75 Å². The third-order valence-electron chi connectivity index (χ3n) is 4.11. The topological polar surface area (TPSA) is 107 Å². The number of carbonyl (C=O) groups is 1. The van der Waals surface area contributed by atoms with E-state index < -0.39 is 12.1 Å². The predicted octanol–water partition coefficient (Wildman–Crippen LogP) is 2.04. The van der Waals surface area contributed by atoms with Crippen LogP contribution >= 0.6 is 12.4 Å². The Hall–Kier alpha value is -2.91. The van der Waals surface area contributed by atoms with Crippen molar-refractivity contribution in [1.82, 2.24) is 30.6 Å². The molecule has 10 heteroatoms. The van der Waals surface area contributed by atoms with Crippen molar-refractivity contribution in [2.24, 2.45) is 7.05 Å². The summed E-state index contributed by atoms with van der Waals surface area (Å²) in [5.41, 5.74) is 1.54. The Bertz CT molecular complexity index is 925. The number of hydrogen-bond acceptors (Lipinski definition) is 7. The van der Waals surface area contributed by atoms with Crippen LogP contribution in [-0.4, -0.2) is 40.0 Å². The second kappa shape index (κ2) is 9.34. The Kier molecular flexibility index (Phi) is 7.13. The van der Waals surface area contributed by atoms with Crippen LogP contribution in [0, 0.1) is 0 Å². The lowest BCUT2D eigenvalue weighted by Gasteiger charge is -2.16. The van der Waals surface area contributed by atoms with E-state index >= 15 is 0 Å². The van der Waals surface area contributed by atoms with E-state index in [2.05, 4.69) is 25.9 Å². The lowest BCUT2D eigenvalue weighted by Crippen LogP contribution is -2.37. The molecule has 0 spiro atoms. The summed E-state index contributed by atoms with van der Waals surface area (Å²) < 4.78 is 12.2. The number of ether oxygens (including phenoxy) is 1. The SMILES string of the molecule is CNC(C(=O)NC(C)c1nc(-c2cccc(OC)c2)no1)c1cnn(C)c1.Cl. The summed E-state index contributed by atoms with van der Waals surface area (Å²) in [6.07, 6.45) is 3.44. The van der Waals surface area contributed by atoms with Gasteiger partial charge < -0.3 is 19.9 Å². The van der Waals surface area contributed by atoms with Crippen LogP contribution in [-0.2, 0) is 11.8 Å². The molecule has 0 aliphatic rings. The normalized spacial score (nSPS) is 12.7. The summed E-state index contributed by atoms with van der Waals surface area (Å²) in [7, 11) is 5.11. The minimum Gasteiger partial charge on any atom is -0.497 e. The van der Waals surface area contributed by atoms with E-state index in [1.54, 1.807) is 45.2 Å². The fourth-order valence-electron chi connectivity index (χ4n) is 2.69. The lowest BCUT2D eigenvalue weighted by molar-refractivity contribution is -0.124. The summed E-state index contributed by atoms with van der Waals surface area (Å²) >= 11 is 0. The van der Waals surface area contributed by atoms with Gasteiger partial charge in [-0.05, 0) is 26.1 Å². The average Bonchev–Trinajstić information content (AvgIpc) is 3.32.